The molecule has 0 aromatic carbocycles. The highest BCUT2D eigenvalue weighted by Crippen LogP contribution is 2.28. The largest absolute Gasteiger partial charge is 0.394 e. The van der Waals surface area contributed by atoms with Crippen molar-refractivity contribution in [2.45, 2.75) is 109 Å². The third-order valence-electron chi connectivity index (χ3n) is 4.70. The number of allylic oxidation sites excluding steroid dienone is 2. The summed E-state index contributed by atoms with van der Waals surface area (Å²) in [6.07, 6.45) is 20.7. The van der Waals surface area contributed by atoms with Crippen molar-refractivity contribution in [3.8, 4) is 0 Å². The maximum atomic E-state index is 9.19. The molecule has 1 aliphatic rings. The minimum Gasteiger partial charge on any atom is -0.394 e. The lowest BCUT2D eigenvalue weighted by Gasteiger charge is -2.05. The molecule has 1 unspecified atom stereocenters. The SMILES string of the molecule is CCCCCCCC/C=C/CCCCCCC1O[C@@H]1OC[C@H](O)CO. The summed E-state index contributed by atoms with van der Waals surface area (Å²) in [5, 5.41) is 17.9. The van der Waals surface area contributed by atoms with Crippen molar-refractivity contribution >= 4 is 0 Å². The van der Waals surface area contributed by atoms with E-state index < -0.39 is 6.10 Å². The number of unbranched alkanes of at least 4 members (excludes halogenated alkanes) is 10. The molecule has 4 heteroatoms. The van der Waals surface area contributed by atoms with Crippen LogP contribution in [0.5, 0.6) is 0 Å². The smallest absolute Gasteiger partial charge is 0.184 e. The van der Waals surface area contributed by atoms with Crippen LogP contribution in [0.3, 0.4) is 0 Å². The van der Waals surface area contributed by atoms with Crippen LogP contribution in [0.15, 0.2) is 12.2 Å². The van der Waals surface area contributed by atoms with Crippen LogP contribution in [0.2, 0.25) is 0 Å². The monoisotopic (exact) mass is 356 g/mol. The van der Waals surface area contributed by atoms with Crippen LogP contribution in [0, 0.1) is 0 Å². The molecule has 0 bridgehead atoms. The van der Waals surface area contributed by atoms with Gasteiger partial charge in [0.1, 0.15) is 12.2 Å². The molecule has 0 aromatic rings. The number of hydrogen-bond acceptors (Lipinski definition) is 4. The summed E-state index contributed by atoms with van der Waals surface area (Å²) in [5.41, 5.74) is 0. The van der Waals surface area contributed by atoms with Gasteiger partial charge in [0.2, 0.25) is 0 Å². The summed E-state index contributed by atoms with van der Waals surface area (Å²) < 4.78 is 10.7. The van der Waals surface area contributed by atoms with Crippen LogP contribution < -0.4 is 0 Å². The van der Waals surface area contributed by atoms with Gasteiger partial charge in [-0.05, 0) is 32.1 Å². The van der Waals surface area contributed by atoms with Gasteiger partial charge in [-0.1, -0.05) is 70.4 Å². The van der Waals surface area contributed by atoms with E-state index in [1.807, 2.05) is 0 Å². The van der Waals surface area contributed by atoms with Gasteiger partial charge in [-0.15, -0.1) is 0 Å². The summed E-state index contributed by atoms with van der Waals surface area (Å²) >= 11 is 0. The van der Waals surface area contributed by atoms with E-state index in [9.17, 15) is 5.11 Å². The van der Waals surface area contributed by atoms with Crippen molar-refractivity contribution < 1.29 is 19.7 Å². The Morgan fingerprint density at radius 1 is 0.920 bits per heavy atom. The third kappa shape index (κ3) is 13.4. The lowest BCUT2D eigenvalue weighted by Crippen LogP contribution is -2.20. The Labute approximate surface area is 154 Å². The summed E-state index contributed by atoms with van der Waals surface area (Å²) in [4.78, 5) is 0. The minimum absolute atomic E-state index is 0.155. The molecule has 1 aliphatic heterocycles. The average molecular weight is 357 g/mol. The average Bonchev–Trinajstić information content (AvgIpc) is 3.38. The highest BCUT2D eigenvalue weighted by molar-refractivity contribution is 4.81. The first-order valence-electron chi connectivity index (χ1n) is 10.5. The molecule has 0 spiro atoms. The zero-order valence-electron chi connectivity index (χ0n) is 16.2. The number of aliphatic hydroxyl groups is 2. The van der Waals surface area contributed by atoms with Crippen LogP contribution in [0.4, 0.5) is 0 Å². The highest BCUT2D eigenvalue weighted by Gasteiger charge is 2.39. The van der Waals surface area contributed by atoms with Crippen LogP contribution in [-0.2, 0) is 9.47 Å². The lowest BCUT2D eigenvalue weighted by atomic mass is 10.1. The molecule has 3 atom stereocenters. The van der Waals surface area contributed by atoms with Gasteiger partial charge in [-0.2, -0.15) is 0 Å². The molecule has 0 aromatic heterocycles. The van der Waals surface area contributed by atoms with Gasteiger partial charge < -0.3 is 19.7 Å². The molecule has 1 saturated heterocycles. The van der Waals surface area contributed by atoms with E-state index >= 15 is 0 Å². The Balaban J connectivity index is 1.76. The fourth-order valence-corrected chi connectivity index (χ4v) is 2.98. The summed E-state index contributed by atoms with van der Waals surface area (Å²) in [6.45, 7) is 2.16. The van der Waals surface area contributed by atoms with Gasteiger partial charge in [0.15, 0.2) is 6.29 Å². The maximum Gasteiger partial charge on any atom is 0.184 e. The number of aliphatic hydroxyl groups excluding tert-OH is 2. The number of ether oxygens (including phenoxy) is 2. The molecule has 1 fully saturated rings. The predicted octanol–water partition coefficient (Wildman–Crippen LogP) is 4.73. The quantitative estimate of drug-likeness (QED) is 0.212. The van der Waals surface area contributed by atoms with Crippen LogP contribution in [0.1, 0.15) is 90.4 Å². The summed E-state index contributed by atoms with van der Waals surface area (Å²) in [6, 6.07) is 0. The second-order valence-electron chi connectivity index (χ2n) is 7.23. The Morgan fingerprint density at radius 3 is 2.16 bits per heavy atom. The van der Waals surface area contributed by atoms with E-state index in [1.165, 1.54) is 77.0 Å². The molecule has 1 rings (SSSR count). The van der Waals surface area contributed by atoms with Gasteiger partial charge in [0, 0.05) is 0 Å². The molecule has 148 valence electrons. The van der Waals surface area contributed by atoms with Crippen LogP contribution in [-0.4, -0.2) is 41.9 Å². The molecular weight excluding hydrogens is 316 g/mol. The van der Waals surface area contributed by atoms with Crippen molar-refractivity contribution in [1.29, 1.82) is 0 Å². The van der Waals surface area contributed by atoms with E-state index in [1.54, 1.807) is 0 Å². The summed E-state index contributed by atoms with van der Waals surface area (Å²) in [5.74, 6) is 0. The first-order valence-corrected chi connectivity index (χ1v) is 10.5. The number of hydrogen-bond donors (Lipinski definition) is 2. The Bertz CT molecular complexity index is 319. The molecule has 25 heavy (non-hydrogen) atoms. The van der Waals surface area contributed by atoms with Gasteiger partial charge >= 0.3 is 0 Å². The van der Waals surface area contributed by atoms with E-state index in [0.717, 1.165) is 6.42 Å². The third-order valence-corrected chi connectivity index (χ3v) is 4.70. The van der Waals surface area contributed by atoms with Gasteiger partial charge in [0.05, 0.1) is 13.2 Å². The molecular formula is C21H40O4. The van der Waals surface area contributed by atoms with Gasteiger partial charge in [-0.3, -0.25) is 0 Å². The zero-order chi connectivity index (χ0) is 18.2. The molecule has 4 nitrogen and oxygen atoms in total. The van der Waals surface area contributed by atoms with Gasteiger partial charge in [0.25, 0.3) is 0 Å². The highest BCUT2D eigenvalue weighted by atomic mass is 16.8. The minimum atomic E-state index is -0.793. The van der Waals surface area contributed by atoms with Crippen LogP contribution in [0.25, 0.3) is 0 Å². The second-order valence-corrected chi connectivity index (χ2v) is 7.23. The normalized spacial score (nSPS) is 21.1. The number of epoxide rings is 1. The van der Waals surface area contributed by atoms with Crippen molar-refractivity contribution in [3.63, 3.8) is 0 Å². The van der Waals surface area contributed by atoms with Crippen molar-refractivity contribution in [1.82, 2.24) is 0 Å². The zero-order valence-corrected chi connectivity index (χ0v) is 16.2. The molecule has 2 N–H and O–H groups in total. The van der Waals surface area contributed by atoms with Crippen molar-refractivity contribution in [3.05, 3.63) is 12.2 Å². The summed E-state index contributed by atoms with van der Waals surface area (Å²) in [7, 11) is 0. The van der Waals surface area contributed by atoms with Crippen molar-refractivity contribution in [2.75, 3.05) is 13.2 Å². The first-order chi connectivity index (χ1) is 12.3. The molecule has 0 aliphatic carbocycles. The topological polar surface area (TPSA) is 62.2 Å². The standard InChI is InChI=1S/C21H40O4/c1-2-3-4-5-6-7-8-9-10-11-12-13-14-15-16-20-21(25-20)24-18-19(23)17-22/h9-10,19-23H,2-8,11-18H2,1H3/b10-9+/t19-,20?,21+/m1/s1. The molecule has 0 saturated carbocycles. The van der Waals surface area contributed by atoms with Crippen molar-refractivity contribution in [2.24, 2.45) is 0 Å². The molecule has 1 heterocycles. The Kier molecular flexibility index (Phi) is 14.3. The Hall–Kier alpha value is -0.420. The van der Waals surface area contributed by atoms with E-state index in [0.29, 0.717) is 0 Å². The predicted molar refractivity (Wildman–Crippen MR) is 103 cm³/mol. The fraction of sp³-hybridized carbons (Fsp3) is 0.905. The first kappa shape index (κ1) is 22.6. The fourth-order valence-electron chi connectivity index (χ4n) is 2.98. The van der Waals surface area contributed by atoms with Crippen LogP contribution >= 0.6 is 0 Å². The Morgan fingerprint density at radius 2 is 1.52 bits per heavy atom. The molecule has 0 amide bonds. The molecule has 0 radical (unpaired) electrons. The number of rotatable bonds is 18. The van der Waals surface area contributed by atoms with E-state index in [4.69, 9.17) is 14.6 Å². The lowest BCUT2D eigenvalue weighted by molar-refractivity contribution is -0.0275. The van der Waals surface area contributed by atoms with Gasteiger partial charge in [-0.25, -0.2) is 0 Å². The maximum absolute atomic E-state index is 9.19. The van der Waals surface area contributed by atoms with E-state index in [-0.39, 0.29) is 25.6 Å². The second kappa shape index (κ2) is 15.8. The van der Waals surface area contributed by atoms with E-state index in [2.05, 4.69) is 19.1 Å².